The van der Waals surface area contributed by atoms with Crippen LogP contribution in [-0.4, -0.2) is 52.5 Å². The van der Waals surface area contributed by atoms with E-state index >= 15 is 4.39 Å². The summed E-state index contributed by atoms with van der Waals surface area (Å²) in [5.41, 5.74) is 0.301. The Labute approximate surface area is 234 Å². The van der Waals surface area contributed by atoms with Gasteiger partial charge in [0.2, 0.25) is 17.7 Å². The minimum atomic E-state index is -0.996. The van der Waals surface area contributed by atoms with E-state index in [-0.39, 0.29) is 35.0 Å². The van der Waals surface area contributed by atoms with Gasteiger partial charge in [-0.15, -0.1) is 0 Å². The van der Waals surface area contributed by atoms with E-state index in [1.54, 1.807) is 41.3 Å². The maximum Gasteiger partial charge on any atom is 0.255 e. The Morgan fingerprint density at radius 2 is 1.55 bits per heavy atom. The molecule has 0 radical (unpaired) electrons. The zero-order chi connectivity index (χ0) is 28.6. The number of anilines is 2. The highest BCUT2D eigenvalue weighted by atomic mass is 35.5. The van der Waals surface area contributed by atoms with Crippen molar-refractivity contribution in [2.75, 3.05) is 23.7 Å². The van der Waals surface area contributed by atoms with Gasteiger partial charge in [-0.25, -0.2) is 4.39 Å². The van der Waals surface area contributed by atoms with Crippen LogP contribution in [0, 0.1) is 23.6 Å². The fourth-order valence-corrected chi connectivity index (χ4v) is 5.34. The molecular formula is C29H28ClFN4O5. The van der Waals surface area contributed by atoms with Crippen molar-refractivity contribution in [3.05, 3.63) is 88.1 Å². The molecule has 1 aromatic heterocycles. The second-order valence-electron chi connectivity index (χ2n) is 10.1. The lowest BCUT2D eigenvalue weighted by atomic mass is 10.2. The Morgan fingerprint density at radius 3 is 2.17 bits per heavy atom. The standard InChI is InChI=1S/C29H28ClFN4O5/c1-16-14-34(15-17(2)40-16)29(39)26-24(27(37)32-19-8-6-18(30)7-9-19)25(26)28(38)33-22-11-10-20(13-21(22)31)35-12-4-3-5-23(35)36/h3-13,16-17,24-26H,14-15H2,1-2H3,(H,32,37)(H,33,38)/t16-,17+,24-,25+,26?/m1/s1. The molecule has 9 nitrogen and oxygen atoms in total. The number of nitrogens with one attached hydrogen (secondary N) is 2. The first kappa shape index (κ1) is 27.5. The van der Waals surface area contributed by atoms with Crippen LogP contribution in [-0.2, 0) is 19.1 Å². The molecule has 1 aliphatic carbocycles. The predicted octanol–water partition coefficient (Wildman–Crippen LogP) is 3.71. The molecule has 40 heavy (non-hydrogen) atoms. The molecule has 5 rings (SSSR count). The predicted molar refractivity (Wildman–Crippen MR) is 148 cm³/mol. The number of ether oxygens (including phenoxy) is 1. The summed E-state index contributed by atoms with van der Waals surface area (Å²) >= 11 is 5.93. The van der Waals surface area contributed by atoms with E-state index in [0.29, 0.717) is 23.8 Å². The van der Waals surface area contributed by atoms with Crippen LogP contribution >= 0.6 is 11.6 Å². The van der Waals surface area contributed by atoms with Gasteiger partial charge < -0.3 is 20.3 Å². The second-order valence-corrected chi connectivity index (χ2v) is 10.6. The smallest absolute Gasteiger partial charge is 0.255 e. The Bertz CT molecular complexity index is 1500. The summed E-state index contributed by atoms with van der Waals surface area (Å²) in [5, 5.41) is 5.78. The molecule has 1 saturated heterocycles. The monoisotopic (exact) mass is 566 g/mol. The molecule has 3 aromatic rings. The van der Waals surface area contributed by atoms with Gasteiger partial charge in [-0.1, -0.05) is 17.7 Å². The van der Waals surface area contributed by atoms with Crippen molar-refractivity contribution in [2.24, 2.45) is 17.8 Å². The number of carbonyl (C=O) groups excluding carboxylic acids is 3. The number of halogens is 2. The third kappa shape index (κ3) is 5.78. The van der Waals surface area contributed by atoms with Crippen LogP contribution in [0.25, 0.3) is 5.69 Å². The fourth-order valence-electron chi connectivity index (χ4n) is 5.21. The van der Waals surface area contributed by atoms with E-state index < -0.39 is 35.4 Å². The quantitative estimate of drug-likeness (QED) is 0.473. The van der Waals surface area contributed by atoms with E-state index in [4.69, 9.17) is 16.3 Å². The van der Waals surface area contributed by atoms with Gasteiger partial charge >= 0.3 is 0 Å². The first-order valence-electron chi connectivity index (χ1n) is 12.9. The topological polar surface area (TPSA) is 110 Å². The molecule has 0 spiro atoms. The van der Waals surface area contributed by atoms with Crippen LogP contribution in [0.3, 0.4) is 0 Å². The lowest BCUT2D eigenvalue weighted by Crippen LogP contribution is -2.49. The summed E-state index contributed by atoms with van der Waals surface area (Å²) in [4.78, 5) is 53.8. The summed E-state index contributed by atoms with van der Waals surface area (Å²) < 4.78 is 22.0. The van der Waals surface area contributed by atoms with Crippen LogP contribution < -0.4 is 16.2 Å². The summed E-state index contributed by atoms with van der Waals surface area (Å²) in [6, 6.07) is 15.0. The number of nitrogens with zero attached hydrogens (tertiary/aromatic N) is 2. The van der Waals surface area contributed by atoms with Gasteiger partial charge in [0.05, 0.1) is 41.3 Å². The number of hydrogen-bond donors (Lipinski definition) is 2. The van der Waals surface area contributed by atoms with Gasteiger partial charge in [-0.05, 0) is 56.3 Å². The van der Waals surface area contributed by atoms with Crippen molar-refractivity contribution in [1.29, 1.82) is 0 Å². The third-order valence-corrected chi connectivity index (χ3v) is 7.32. The average Bonchev–Trinajstić information content (AvgIpc) is 3.67. The number of rotatable bonds is 6. The van der Waals surface area contributed by atoms with Gasteiger partial charge in [0, 0.05) is 42.1 Å². The molecule has 1 saturated carbocycles. The van der Waals surface area contributed by atoms with Crippen molar-refractivity contribution < 1.29 is 23.5 Å². The zero-order valence-corrected chi connectivity index (χ0v) is 22.6. The fraction of sp³-hybridized carbons (Fsp3) is 0.310. The molecule has 3 amide bonds. The highest BCUT2D eigenvalue weighted by Gasteiger charge is 2.63. The molecule has 2 heterocycles. The number of morpholine rings is 1. The zero-order valence-electron chi connectivity index (χ0n) is 21.8. The summed E-state index contributed by atoms with van der Waals surface area (Å²) in [6.07, 6.45) is 1.13. The Morgan fingerprint density at radius 1 is 0.900 bits per heavy atom. The van der Waals surface area contributed by atoms with Gasteiger partial charge in [0.25, 0.3) is 5.56 Å². The largest absolute Gasteiger partial charge is 0.372 e. The van der Waals surface area contributed by atoms with Gasteiger partial charge in [-0.2, -0.15) is 0 Å². The second kappa shape index (κ2) is 11.2. The average molecular weight is 567 g/mol. The van der Waals surface area contributed by atoms with Crippen molar-refractivity contribution >= 4 is 40.7 Å². The van der Waals surface area contributed by atoms with Crippen molar-refractivity contribution in [2.45, 2.75) is 26.1 Å². The minimum absolute atomic E-state index is 0.124. The van der Waals surface area contributed by atoms with E-state index in [1.165, 1.54) is 29.0 Å². The molecule has 208 valence electrons. The van der Waals surface area contributed by atoms with Gasteiger partial charge in [0.15, 0.2) is 0 Å². The maximum absolute atomic E-state index is 15.0. The molecule has 2 aliphatic rings. The third-order valence-electron chi connectivity index (χ3n) is 7.06. The molecule has 2 fully saturated rings. The normalized spacial score (nSPS) is 23.8. The highest BCUT2D eigenvalue weighted by molar-refractivity contribution is 6.30. The van der Waals surface area contributed by atoms with E-state index in [0.717, 1.165) is 6.07 Å². The van der Waals surface area contributed by atoms with Crippen LogP contribution in [0.2, 0.25) is 5.02 Å². The minimum Gasteiger partial charge on any atom is -0.372 e. The van der Waals surface area contributed by atoms with Crippen LogP contribution in [0.1, 0.15) is 13.8 Å². The number of pyridine rings is 1. The first-order chi connectivity index (χ1) is 19.1. The Kier molecular flexibility index (Phi) is 7.73. The van der Waals surface area contributed by atoms with Gasteiger partial charge in [-0.3, -0.25) is 23.7 Å². The highest BCUT2D eigenvalue weighted by Crippen LogP contribution is 2.49. The summed E-state index contributed by atoms with van der Waals surface area (Å²) in [5.74, 6) is -5.07. The van der Waals surface area contributed by atoms with Crippen molar-refractivity contribution in [3.8, 4) is 5.69 Å². The number of aromatic nitrogens is 1. The van der Waals surface area contributed by atoms with E-state index in [1.807, 2.05) is 13.8 Å². The van der Waals surface area contributed by atoms with Crippen LogP contribution in [0.15, 0.2) is 71.7 Å². The summed E-state index contributed by atoms with van der Waals surface area (Å²) in [7, 11) is 0. The van der Waals surface area contributed by atoms with E-state index in [2.05, 4.69) is 10.6 Å². The maximum atomic E-state index is 15.0. The lowest BCUT2D eigenvalue weighted by molar-refractivity contribution is -0.146. The summed E-state index contributed by atoms with van der Waals surface area (Å²) in [6.45, 7) is 4.39. The molecule has 0 bridgehead atoms. The first-order valence-corrected chi connectivity index (χ1v) is 13.3. The lowest BCUT2D eigenvalue weighted by Gasteiger charge is -2.35. The molecule has 11 heteroatoms. The number of carbonyl (C=O) groups is 3. The Hall–Kier alpha value is -4.02. The Balaban J connectivity index is 1.36. The van der Waals surface area contributed by atoms with Crippen molar-refractivity contribution in [1.82, 2.24) is 9.47 Å². The molecule has 1 unspecified atom stereocenters. The van der Waals surface area contributed by atoms with Gasteiger partial charge in [0.1, 0.15) is 5.82 Å². The molecule has 1 aliphatic heterocycles. The molecule has 5 atom stereocenters. The SMILES string of the molecule is C[C@@H]1CN(C(=O)C2[C@@H](C(=O)Nc3ccc(-n4ccccc4=O)cc3F)[C@H]2C(=O)Nc2ccc(Cl)cc2)C[C@H](C)O1. The number of hydrogen-bond acceptors (Lipinski definition) is 5. The molecular weight excluding hydrogens is 539 g/mol. The van der Waals surface area contributed by atoms with E-state index in [9.17, 15) is 19.2 Å². The molecule has 2 N–H and O–H groups in total. The van der Waals surface area contributed by atoms with Crippen molar-refractivity contribution in [3.63, 3.8) is 0 Å². The van der Waals surface area contributed by atoms with Crippen LogP contribution in [0.5, 0.6) is 0 Å². The number of amides is 3. The number of benzene rings is 2. The molecule has 2 aromatic carbocycles. The van der Waals surface area contributed by atoms with Crippen LogP contribution in [0.4, 0.5) is 15.8 Å².